The number of aryl methyl sites for hydroxylation is 2. The number of hydrogen-bond acceptors (Lipinski definition) is 4. The Bertz CT molecular complexity index is 4100. The molecule has 0 atom stereocenters. The van der Waals surface area contributed by atoms with Crippen molar-refractivity contribution < 1.29 is 0 Å². The minimum absolute atomic E-state index is 0.00960. The lowest BCUT2D eigenvalue weighted by atomic mass is 9.33. The summed E-state index contributed by atoms with van der Waals surface area (Å²) in [7, 11) is 0. The molecule has 5 heteroatoms. The van der Waals surface area contributed by atoms with Crippen molar-refractivity contribution in [1.82, 2.24) is 0 Å². The molecule has 0 spiro atoms. The van der Waals surface area contributed by atoms with E-state index in [4.69, 9.17) is 0 Å². The molecule has 0 saturated heterocycles. The van der Waals surface area contributed by atoms with Crippen LogP contribution in [0.1, 0.15) is 193 Å². The molecule has 0 saturated carbocycles. The lowest BCUT2D eigenvalue weighted by Gasteiger charge is -2.48. The van der Waals surface area contributed by atoms with E-state index in [1.54, 1.807) is 0 Å². The predicted octanol–water partition coefficient (Wildman–Crippen LogP) is 20.8. The predicted molar refractivity (Wildman–Crippen MR) is 364 cm³/mol. The molecule has 0 fully saturated rings. The molecule has 3 heterocycles. The van der Waals surface area contributed by atoms with Gasteiger partial charge >= 0.3 is 0 Å². The first-order valence-electron chi connectivity index (χ1n) is 31.0. The number of hydrogen-bond donors (Lipinski definition) is 0. The molecular weight excluding hydrogens is 1020 g/mol. The van der Waals surface area contributed by atoms with Crippen molar-refractivity contribution in [2.75, 3.05) is 14.7 Å². The topological polar surface area (TPSA) is 9.72 Å². The van der Waals surface area contributed by atoms with E-state index in [1.165, 1.54) is 145 Å². The van der Waals surface area contributed by atoms with E-state index in [0.717, 1.165) is 18.5 Å². The van der Waals surface area contributed by atoms with Crippen molar-refractivity contribution in [2.45, 2.75) is 195 Å². The van der Waals surface area contributed by atoms with Gasteiger partial charge in [-0.05, 0) is 217 Å². The normalized spacial score (nSPS) is 17.5. The van der Waals surface area contributed by atoms with Gasteiger partial charge in [-0.15, -0.1) is 11.3 Å². The molecule has 424 valence electrons. The highest BCUT2D eigenvalue weighted by Gasteiger charge is 2.48. The minimum Gasteiger partial charge on any atom is -0.311 e. The third-order valence-electron chi connectivity index (χ3n) is 20.5. The van der Waals surface area contributed by atoms with E-state index in [2.05, 4.69) is 286 Å². The van der Waals surface area contributed by atoms with Gasteiger partial charge in [-0.3, -0.25) is 0 Å². The van der Waals surface area contributed by atoms with E-state index in [9.17, 15) is 0 Å². The van der Waals surface area contributed by atoms with Gasteiger partial charge in [-0.2, -0.15) is 0 Å². The Labute approximate surface area is 502 Å². The molecule has 0 radical (unpaired) electrons. The van der Waals surface area contributed by atoms with Crippen LogP contribution in [0.4, 0.5) is 51.2 Å². The summed E-state index contributed by atoms with van der Waals surface area (Å²) in [6, 6.07) is 56.3. The molecule has 2 aliphatic heterocycles. The molecule has 13 rings (SSSR count). The summed E-state index contributed by atoms with van der Waals surface area (Å²) in [4.78, 5) is 8.04. The quantitative estimate of drug-likeness (QED) is 0.159. The van der Waals surface area contributed by atoms with Crippen LogP contribution in [0.2, 0.25) is 0 Å². The Balaban J connectivity index is 1.17. The van der Waals surface area contributed by atoms with E-state index >= 15 is 0 Å². The standard InChI is InChI=1S/C78H88BN3S/c1-47-39-49(72(3,4)5)27-33-61(47)80(62-34-28-50(40-48(62)2)73(6,7)8)53-30-32-59-64(44-53)82(63-24-22-26-69-70(63)54-23-20-21-25-68(54)83-69)67-42-51(74(9,10)11)41-66-71(67)79(59)60-45-57-58(78(18,19)38-37-77(57,16)17)46-65(60)81(66)52-29-31-55-56(43-52)76(14,15)36-35-75(55,12)13/h20-34,39-46H,35-38H2,1-19H3. The first-order valence-corrected chi connectivity index (χ1v) is 31.9. The van der Waals surface area contributed by atoms with Gasteiger partial charge < -0.3 is 14.7 Å². The number of thiophene rings is 1. The summed E-state index contributed by atoms with van der Waals surface area (Å²) in [6.07, 6.45) is 4.66. The van der Waals surface area contributed by atoms with Crippen LogP contribution < -0.4 is 31.1 Å². The third-order valence-corrected chi connectivity index (χ3v) is 21.6. The van der Waals surface area contributed by atoms with Gasteiger partial charge in [-0.1, -0.05) is 184 Å². The lowest BCUT2D eigenvalue weighted by Crippen LogP contribution is -2.62. The van der Waals surface area contributed by atoms with Gasteiger partial charge in [-0.25, -0.2) is 0 Å². The van der Waals surface area contributed by atoms with Gasteiger partial charge in [0, 0.05) is 65.7 Å². The molecular formula is C78H88BN3S. The Hall–Kier alpha value is -6.56. The van der Waals surface area contributed by atoms with Crippen molar-refractivity contribution in [2.24, 2.45) is 0 Å². The maximum absolute atomic E-state index is 2.74. The van der Waals surface area contributed by atoms with Crippen molar-refractivity contribution in [1.29, 1.82) is 0 Å². The molecule has 1 aromatic heterocycles. The van der Waals surface area contributed by atoms with Gasteiger partial charge in [0.1, 0.15) is 0 Å². The fourth-order valence-corrected chi connectivity index (χ4v) is 16.1. The van der Waals surface area contributed by atoms with Crippen molar-refractivity contribution in [3.8, 4) is 0 Å². The highest BCUT2D eigenvalue weighted by atomic mass is 32.1. The third kappa shape index (κ3) is 8.85. The van der Waals surface area contributed by atoms with Gasteiger partial charge in [0.2, 0.25) is 0 Å². The maximum Gasteiger partial charge on any atom is 0.252 e. The zero-order valence-electron chi connectivity index (χ0n) is 53.4. The van der Waals surface area contributed by atoms with Crippen molar-refractivity contribution in [3.63, 3.8) is 0 Å². The number of benzene rings is 8. The molecule has 4 aliphatic rings. The average molecular weight is 1110 g/mol. The fourth-order valence-electron chi connectivity index (χ4n) is 15.0. The van der Waals surface area contributed by atoms with Crippen LogP contribution in [-0.2, 0) is 37.9 Å². The number of rotatable bonds is 5. The van der Waals surface area contributed by atoms with Gasteiger partial charge in [0.05, 0.1) is 5.69 Å². The molecule has 0 bridgehead atoms. The molecule has 83 heavy (non-hydrogen) atoms. The Morgan fingerprint density at radius 3 is 1.52 bits per heavy atom. The summed E-state index contributed by atoms with van der Waals surface area (Å²) in [5.41, 5.74) is 27.8. The second kappa shape index (κ2) is 18.5. The molecule has 3 nitrogen and oxygen atoms in total. The first kappa shape index (κ1) is 55.6. The lowest BCUT2D eigenvalue weighted by molar-refractivity contribution is 0.332. The fraction of sp³-hybridized carbons (Fsp3) is 0.385. The minimum atomic E-state index is -0.171. The molecule has 2 aliphatic carbocycles. The summed E-state index contributed by atoms with van der Waals surface area (Å²) in [5.74, 6) is 0. The molecule has 0 N–H and O–H groups in total. The summed E-state index contributed by atoms with van der Waals surface area (Å²) < 4.78 is 2.62. The van der Waals surface area contributed by atoms with Crippen LogP contribution in [0.15, 0.2) is 140 Å². The summed E-state index contributed by atoms with van der Waals surface area (Å²) >= 11 is 1.91. The van der Waals surface area contributed by atoms with Crippen LogP contribution in [0, 0.1) is 13.8 Å². The first-order chi connectivity index (χ1) is 38.8. The number of anilines is 9. The zero-order chi connectivity index (χ0) is 59.0. The molecule has 0 amide bonds. The van der Waals surface area contributed by atoms with Crippen LogP contribution in [0.25, 0.3) is 20.2 Å². The van der Waals surface area contributed by atoms with Crippen molar-refractivity contribution >= 4 is 106 Å². The van der Waals surface area contributed by atoms with E-state index in [1.807, 2.05) is 11.3 Å². The Morgan fingerprint density at radius 1 is 0.422 bits per heavy atom. The smallest absolute Gasteiger partial charge is 0.252 e. The second-order valence-corrected chi connectivity index (χ2v) is 32.4. The largest absolute Gasteiger partial charge is 0.311 e. The summed E-state index contributed by atoms with van der Waals surface area (Å²) in [5, 5.41) is 2.61. The van der Waals surface area contributed by atoms with E-state index in [0.29, 0.717) is 0 Å². The number of fused-ring (bicyclic) bond motifs is 9. The highest BCUT2D eigenvalue weighted by Crippen LogP contribution is 2.55. The molecule has 9 aromatic rings. The molecule has 8 aromatic carbocycles. The second-order valence-electron chi connectivity index (χ2n) is 31.3. The summed E-state index contributed by atoms with van der Waals surface area (Å²) in [6.45, 7) is 45.7. The SMILES string of the molecule is Cc1cc(C(C)(C)C)ccc1N(c1ccc2c(c1)N(c1cccc3sc4ccccc4c13)c1cc(C(C)(C)C)cc3c1B2c1cc2c(cc1N3c1ccc3c(c1)C(C)(C)CCC3(C)C)C(C)(C)CCC2(C)C)c1ccc(C(C)(C)C)cc1C. The Morgan fingerprint density at radius 2 is 0.940 bits per heavy atom. The van der Waals surface area contributed by atoms with Crippen LogP contribution in [0.5, 0.6) is 0 Å². The van der Waals surface area contributed by atoms with Gasteiger partial charge in [0.15, 0.2) is 0 Å². The van der Waals surface area contributed by atoms with Gasteiger partial charge in [0.25, 0.3) is 6.71 Å². The maximum atomic E-state index is 2.74. The van der Waals surface area contributed by atoms with Crippen molar-refractivity contribution in [3.05, 3.63) is 190 Å². The Kier molecular flexibility index (Phi) is 12.4. The van der Waals surface area contributed by atoms with Crippen LogP contribution in [-0.4, -0.2) is 6.71 Å². The van der Waals surface area contributed by atoms with Crippen LogP contribution >= 0.6 is 11.3 Å². The average Bonchev–Trinajstić information content (AvgIpc) is 1.07. The monoisotopic (exact) mass is 1110 g/mol. The zero-order valence-corrected chi connectivity index (χ0v) is 54.3. The van der Waals surface area contributed by atoms with Crippen LogP contribution in [0.3, 0.4) is 0 Å². The highest BCUT2D eigenvalue weighted by molar-refractivity contribution is 7.26. The van der Waals surface area contributed by atoms with E-state index in [-0.39, 0.29) is 44.6 Å². The number of nitrogens with zero attached hydrogens (tertiary/aromatic N) is 3. The molecule has 0 unspecified atom stereocenters. The van der Waals surface area contributed by atoms with E-state index < -0.39 is 0 Å².